The molecule has 0 atom stereocenters. The van der Waals surface area contributed by atoms with Gasteiger partial charge in [-0.2, -0.15) is 0 Å². The summed E-state index contributed by atoms with van der Waals surface area (Å²) in [6.45, 7) is 0. The predicted octanol–water partition coefficient (Wildman–Crippen LogP) is 3.25. The molecule has 0 amide bonds. The number of carbonyl (C=O) groups excluding carboxylic acids is 4. The minimum atomic E-state index is -0.245. The van der Waals surface area contributed by atoms with E-state index in [2.05, 4.69) is 0 Å². The van der Waals surface area contributed by atoms with Gasteiger partial charge in [0.2, 0.25) is 0 Å². The number of fused-ring (bicyclic) bond motifs is 4. The molecule has 0 radical (unpaired) electrons. The van der Waals surface area contributed by atoms with Gasteiger partial charge in [0.05, 0.1) is 33.9 Å². The molecule has 8 nitrogen and oxygen atoms in total. The summed E-state index contributed by atoms with van der Waals surface area (Å²) in [6, 6.07) is 19.6. The minimum absolute atomic E-state index is 0.181. The molecule has 4 aromatic carbocycles. The number of nitrogen functional groups attached to an aromatic ring is 4. The first kappa shape index (κ1) is 22.5. The Labute approximate surface area is 205 Å². The van der Waals surface area contributed by atoms with Gasteiger partial charge in [-0.1, -0.05) is 48.5 Å². The van der Waals surface area contributed by atoms with Crippen LogP contribution in [-0.2, 0) is 0 Å². The third-order valence-corrected chi connectivity index (χ3v) is 6.33. The Morgan fingerprint density at radius 2 is 0.667 bits per heavy atom. The lowest BCUT2D eigenvalue weighted by Gasteiger charge is -2.19. The Kier molecular flexibility index (Phi) is 5.14. The van der Waals surface area contributed by atoms with Crippen molar-refractivity contribution in [1.82, 2.24) is 0 Å². The molecule has 8 heteroatoms. The fourth-order valence-electron chi connectivity index (χ4n) is 4.46. The number of benzene rings is 4. The van der Waals surface area contributed by atoms with Gasteiger partial charge in [-0.15, -0.1) is 0 Å². The van der Waals surface area contributed by atoms with E-state index >= 15 is 0 Å². The first-order valence-corrected chi connectivity index (χ1v) is 10.9. The quantitative estimate of drug-likeness (QED) is 0.242. The number of anilines is 4. The van der Waals surface area contributed by atoms with Crippen molar-refractivity contribution in [2.75, 3.05) is 22.9 Å². The van der Waals surface area contributed by atoms with Crippen molar-refractivity contribution in [1.29, 1.82) is 0 Å². The highest BCUT2D eigenvalue weighted by Gasteiger charge is 2.32. The zero-order valence-corrected chi connectivity index (χ0v) is 18.9. The summed E-state index contributed by atoms with van der Waals surface area (Å²) < 4.78 is 0. The molecular weight excluding hydrogens is 456 g/mol. The Hall–Kier alpha value is -5.24. The fourth-order valence-corrected chi connectivity index (χ4v) is 4.46. The highest BCUT2D eigenvalue weighted by molar-refractivity contribution is 6.31. The van der Waals surface area contributed by atoms with Gasteiger partial charge < -0.3 is 22.9 Å². The van der Waals surface area contributed by atoms with Crippen molar-refractivity contribution < 1.29 is 19.2 Å². The Balaban J connectivity index is 0.000000148. The molecule has 0 bridgehead atoms. The second kappa shape index (κ2) is 8.21. The smallest absolute Gasteiger partial charge is 0.196 e. The maximum atomic E-state index is 12.3. The maximum Gasteiger partial charge on any atom is 0.196 e. The number of hydrogen-bond acceptors (Lipinski definition) is 8. The van der Waals surface area contributed by atoms with Crippen LogP contribution in [0.4, 0.5) is 22.7 Å². The van der Waals surface area contributed by atoms with Crippen LogP contribution in [0.15, 0.2) is 72.8 Å². The lowest BCUT2D eigenvalue weighted by molar-refractivity contribution is 0.0980. The van der Waals surface area contributed by atoms with Gasteiger partial charge in [0.25, 0.3) is 0 Å². The number of carbonyl (C=O) groups is 4. The average molecular weight is 476 g/mol. The number of ketones is 4. The molecule has 2 aliphatic carbocycles. The van der Waals surface area contributed by atoms with Crippen molar-refractivity contribution in [3.63, 3.8) is 0 Å². The molecule has 0 aromatic heterocycles. The van der Waals surface area contributed by atoms with Gasteiger partial charge in [0, 0.05) is 33.4 Å². The average Bonchev–Trinajstić information content (AvgIpc) is 2.89. The van der Waals surface area contributed by atoms with Crippen LogP contribution >= 0.6 is 0 Å². The Morgan fingerprint density at radius 3 is 1.00 bits per heavy atom. The summed E-state index contributed by atoms with van der Waals surface area (Å²) in [7, 11) is 0. The number of nitrogens with two attached hydrogens (primary N) is 4. The molecule has 0 saturated carbocycles. The summed E-state index contributed by atoms with van der Waals surface area (Å²) in [4.78, 5) is 49.2. The van der Waals surface area contributed by atoms with Gasteiger partial charge in [0.1, 0.15) is 0 Å². The van der Waals surface area contributed by atoms with Gasteiger partial charge >= 0.3 is 0 Å². The van der Waals surface area contributed by atoms with E-state index < -0.39 is 0 Å². The molecule has 4 aromatic rings. The van der Waals surface area contributed by atoms with Crippen LogP contribution in [0.25, 0.3) is 0 Å². The topological polar surface area (TPSA) is 172 Å². The predicted molar refractivity (Wildman–Crippen MR) is 137 cm³/mol. The molecule has 6 rings (SSSR count). The molecular formula is C28H20N4O4. The number of rotatable bonds is 0. The van der Waals surface area contributed by atoms with E-state index in [9.17, 15) is 19.2 Å². The second-order valence-electron chi connectivity index (χ2n) is 8.39. The SMILES string of the molecule is Nc1ccc2c(c1N)C(=O)c1ccccc1C2=O.Nc1ccc2c(c1N)C(=O)c1ccccc1C2=O. The molecule has 0 spiro atoms. The summed E-state index contributed by atoms with van der Waals surface area (Å²) >= 11 is 0. The highest BCUT2D eigenvalue weighted by Crippen LogP contribution is 2.34. The third-order valence-electron chi connectivity index (χ3n) is 6.33. The Bertz CT molecular complexity index is 1530. The summed E-state index contributed by atoms with van der Waals surface area (Å²) in [5.74, 6) is -0.867. The summed E-state index contributed by atoms with van der Waals surface area (Å²) in [6.07, 6.45) is 0. The van der Waals surface area contributed by atoms with E-state index in [0.717, 1.165) is 0 Å². The van der Waals surface area contributed by atoms with E-state index in [1.54, 1.807) is 72.8 Å². The number of hydrogen-bond donors (Lipinski definition) is 4. The normalized spacial score (nSPS) is 13.1. The van der Waals surface area contributed by atoms with E-state index in [4.69, 9.17) is 22.9 Å². The lowest BCUT2D eigenvalue weighted by atomic mass is 9.83. The second-order valence-corrected chi connectivity index (χ2v) is 8.39. The molecule has 8 N–H and O–H groups in total. The molecule has 0 fully saturated rings. The largest absolute Gasteiger partial charge is 0.397 e. The molecule has 176 valence electrons. The molecule has 36 heavy (non-hydrogen) atoms. The van der Waals surface area contributed by atoms with Gasteiger partial charge in [-0.25, -0.2) is 0 Å². The first-order valence-electron chi connectivity index (χ1n) is 10.9. The van der Waals surface area contributed by atoms with Crippen molar-refractivity contribution in [3.05, 3.63) is 117 Å². The van der Waals surface area contributed by atoms with Crippen LogP contribution in [0.5, 0.6) is 0 Å². The van der Waals surface area contributed by atoms with Crippen LogP contribution in [0.3, 0.4) is 0 Å². The fraction of sp³-hybridized carbons (Fsp3) is 0. The maximum absolute atomic E-state index is 12.3. The highest BCUT2D eigenvalue weighted by atomic mass is 16.1. The van der Waals surface area contributed by atoms with Crippen LogP contribution < -0.4 is 22.9 Å². The standard InChI is InChI=1S/2C14H10N2O2/c2*15-10-6-5-9-11(12(10)16)14(18)8-4-2-1-3-7(8)13(9)17/h2*1-6H,15-16H2. The van der Waals surface area contributed by atoms with E-state index in [1.807, 2.05) is 0 Å². The zero-order valence-electron chi connectivity index (χ0n) is 18.9. The van der Waals surface area contributed by atoms with Crippen LogP contribution in [0.2, 0.25) is 0 Å². The lowest BCUT2D eigenvalue weighted by Crippen LogP contribution is -2.22. The molecule has 0 heterocycles. The van der Waals surface area contributed by atoms with Gasteiger partial charge in [-0.05, 0) is 24.3 Å². The minimum Gasteiger partial charge on any atom is -0.397 e. The third kappa shape index (κ3) is 3.24. The van der Waals surface area contributed by atoms with Gasteiger partial charge in [-0.3, -0.25) is 19.2 Å². The van der Waals surface area contributed by atoms with E-state index in [1.165, 1.54) is 0 Å². The molecule has 0 aliphatic heterocycles. The monoisotopic (exact) mass is 476 g/mol. The van der Waals surface area contributed by atoms with Crippen LogP contribution in [-0.4, -0.2) is 23.1 Å². The van der Waals surface area contributed by atoms with Crippen molar-refractivity contribution >= 4 is 45.9 Å². The van der Waals surface area contributed by atoms with Crippen molar-refractivity contribution in [2.45, 2.75) is 0 Å². The van der Waals surface area contributed by atoms with Gasteiger partial charge in [0.15, 0.2) is 23.1 Å². The summed E-state index contributed by atoms with van der Waals surface area (Å²) in [5.41, 5.74) is 26.7. The first-order chi connectivity index (χ1) is 17.2. The zero-order chi connectivity index (χ0) is 25.7. The van der Waals surface area contributed by atoms with Crippen LogP contribution in [0, 0.1) is 0 Å². The summed E-state index contributed by atoms with van der Waals surface area (Å²) in [5, 5.41) is 0. The van der Waals surface area contributed by atoms with E-state index in [0.29, 0.717) is 44.8 Å². The van der Waals surface area contributed by atoms with Crippen molar-refractivity contribution in [2.24, 2.45) is 0 Å². The molecule has 2 aliphatic rings. The van der Waals surface area contributed by atoms with Crippen molar-refractivity contribution in [3.8, 4) is 0 Å². The Morgan fingerprint density at radius 1 is 0.361 bits per heavy atom. The van der Waals surface area contributed by atoms with Crippen LogP contribution in [0.1, 0.15) is 63.7 Å². The molecule has 0 saturated heterocycles. The van der Waals surface area contributed by atoms with E-state index in [-0.39, 0.29) is 45.6 Å². The molecule has 0 unspecified atom stereocenters.